The van der Waals surface area contributed by atoms with Crippen LogP contribution < -0.4 is 0 Å². The molecule has 0 spiro atoms. The predicted octanol–water partition coefficient (Wildman–Crippen LogP) is 4.97. The van der Waals surface area contributed by atoms with Crippen LogP contribution in [-0.2, 0) is 10.2 Å². The van der Waals surface area contributed by atoms with E-state index in [0.29, 0.717) is 18.1 Å². The van der Waals surface area contributed by atoms with Crippen molar-refractivity contribution in [3.05, 3.63) is 35.7 Å². The van der Waals surface area contributed by atoms with Gasteiger partial charge in [-0.1, -0.05) is 45.0 Å². The normalized spacial score (nSPS) is 23.8. The van der Waals surface area contributed by atoms with E-state index in [1.165, 1.54) is 5.56 Å². The third-order valence-corrected chi connectivity index (χ3v) is 6.62. The third kappa shape index (κ3) is 3.68. The molecule has 2 aromatic rings. The molecule has 0 amide bonds. The van der Waals surface area contributed by atoms with Crippen molar-refractivity contribution in [3.63, 3.8) is 0 Å². The maximum Gasteiger partial charge on any atom is 0.415 e. The molecule has 0 N–H and O–H groups in total. The van der Waals surface area contributed by atoms with Gasteiger partial charge in [-0.25, -0.2) is 9.67 Å². The number of rotatable bonds is 3. The molecule has 0 radical (unpaired) electrons. The van der Waals surface area contributed by atoms with Crippen LogP contribution in [0.5, 0.6) is 0 Å². The van der Waals surface area contributed by atoms with Crippen molar-refractivity contribution in [1.82, 2.24) is 14.8 Å². The quantitative estimate of drug-likeness (QED) is 0.715. The Labute approximate surface area is 166 Å². The lowest BCUT2D eigenvalue weighted by atomic mass is 9.87. The molecule has 2 aliphatic heterocycles. The van der Waals surface area contributed by atoms with E-state index in [1.54, 1.807) is 16.4 Å². The van der Waals surface area contributed by atoms with Gasteiger partial charge < -0.3 is 4.74 Å². The molecule has 0 aliphatic carbocycles. The van der Waals surface area contributed by atoms with Gasteiger partial charge in [0, 0.05) is 23.7 Å². The van der Waals surface area contributed by atoms with Gasteiger partial charge in [-0.3, -0.25) is 0 Å². The molecule has 1 aromatic heterocycles. The smallest absolute Gasteiger partial charge is 0.368 e. The van der Waals surface area contributed by atoms with Gasteiger partial charge in [0.25, 0.3) is 0 Å². The number of hydrogen-bond acceptors (Lipinski definition) is 4. The van der Waals surface area contributed by atoms with E-state index >= 15 is 0 Å². The van der Waals surface area contributed by atoms with E-state index in [0.717, 1.165) is 17.1 Å². The average Bonchev–Trinajstić information content (AvgIpc) is 3.19. The molecule has 2 aliphatic rings. The zero-order valence-electron chi connectivity index (χ0n) is 16.2. The molecule has 4 rings (SSSR count). The van der Waals surface area contributed by atoms with E-state index in [4.69, 9.17) is 4.74 Å². The Balaban J connectivity index is 1.71. The lowest BCUT2D eigenvalue weighted by Gasteiger charge is -2.28. The molecule has 28 heavy (non-hydrogen) atoms. The minimum Gasteiger partial charge on any atom is -0.368 e. The van der Waals surface area contributed by atoms with Crippen LogP contribution >= 0.6 is 11.8 Å². The van der Waals surface area contributed by atoms with Gasteiger partial charge in [-0.15, -0.1) is 0 Å². The maximum absolute atomic E-state index is 13.4. The summed E-state index contributed by atoms with van der Waals surface area (Å²) in [6.07, 6.45) is -5.90. The van der Waals surface area contributed by atoms with Gasteiger partial charge in [0.05, 0.1) is 12.0 Å². The second kappa shape index (κ2) is 7.06. The highest BCUT2D eigenvalue weighted by atomic mass is 32.2. The second-order valence-electron chi connectivity index (χ2n) is 8.48. The first-order chi connectivity index (χ1) is 13.1. The highest BCUT2D eigenvalue weighted by Gasteiger charge is 2.51. The standard InChI is InChI=1S/C20H24F3N3OS/c1-19(2,3)13-6-4-12(5-7-13)17-24-18(26(25-17)14-10-28-11-14)15-8-9-27-16(15)20(21,22)23/h4-7,14-16H,8-11H2,1-3H3/t15-,16-/m1/s1. The topological polar surface area (TPSA) is 39.9 Å². The van der Waals surface area contributed by atoms with Gasteiger partial charge in [0.2, 0.25) is 0 Å². The van der Waals surface area contributed by atoms with Crippen LogP contribution in [0.4, 0.5) is 13.2 Å². The number of ether oxygens (including phenoxy) is 1. The summed E-state index contributed by atoms with van der Waals surface area (Å²) < 4.78 is 47.0. The van der Waals surface area contributed by atoms with Crippen molar-refractivity contribution in [3.8, 4) is 11.4 Å². The molecule has 152 valence electrons. The first kappa shape index (κ1) is 19.8. The van der Waals surface area contributed by atoms with Crippen LogP contribution in [0.1, 0.15) is 50.5 Å². The average molecular weight is 411 g/mol. The van der Waals surface area contributed by atoms with Crippen LogP contribution in [0, 0.1) is 0 Å². The summed E-state index contributed by atoms with van der Waals surface area (Å²) in [7, 11) is 0. The zero-order chi connectivity index (χ0) is 20.1. The van der Waals surface area contributed by atoms with Gasteiger partial charge in [0.15, 0.2) is 11.9 Å². The number of thioether (sulfide) groups is 1. The van der Waals surface area contributed by atoms with Crippen LogP contribution in [0.3, 0.4) is 0 Å². The van der Waals surface area contributed by atoms with Crippen LogP contribution in [0.25, 0.3) is 11.4 Å². The number of aromatic nitrogens is 3. The summed E-state index contributed by atoms with van der Waals surface area (Å²) in [5.74, 6) is 1.78. The number of halogens is 3. The molecule has 4 nitrogen and oxygen atoms in total. The predicted molar refractivity (Wildman–Crippen MR) is 104 cm³/mol. The monoisotopic (exact) mass is 411 g/mol. The number of hydrogen-bond donors (Lipinski definition) is 0. The van der Waals surface area contributed by atoms with Crippen molar-refractivity contribution in [2.24, 2.45) is 0 Å². The Morgan fingerprint density at radius 3 is 2.32 bits per heavy atom. The second-order valence-corrected chi connectivity index (χ2v) is 9.56. The highest BCUT2D eigenvalue weighted by Crippen LogP contribution is 2.42. The lowest BCUT2D eigenvalue weighted by molar-refractivity contribution is -0.210. The van der Waals surface area contributed by atoms with E-state index in [1.807, 2.05) is 24.3 Å². The van der Waals surface area contributed by atoms with E-state index in [2.05, 4.69) is 30.9 Å². The molecule has 2 saturated heterocycles. The maximum atomic E-state index is 13.4. The Morgan fingerprint density at radius 2 is 1.79 bits per heavy atom. The first-order valence-electron chi connectivity index (χ1n) is 9.48. The fourth-order valence-electron chi connectivity index (χ4n) is 3.64. The molecular formula is C20H24F3N3OS. The molecule has 0 unspecified atom stereocenters. The van der Waals surface area contributed by atoms with Gasteiger partial charge >= 0.3 is 6.18 Å². The molecule has 0 bridgehead atoms. The fraction of sp³-hybridized carbons (Fsp3) is 0.600. The fourth-order valence-corrected chi connectivity index (χ4v) is 4.37. The molecule has 3 heterocycles. The minimum absolute atomic E-state index is 0.0285. The van der Waals surface area contributed by atoms with Gasteiger partial charge in [-0.05, 0) is 17.4 Å². The summed E-state index contributed by atoms with van der Waals surface area (Å²) in [4.78, 5) is 4.58. The molecular weight excluding hydrogens is 387 g/mol. The molecule has 2 atom stereocenters. The van der Waals surface area contributed by atoms with Crippen molar-refractivity contribution >= 4 is 11.8 Å². The number of benzene rings is 1. The molecule has 8 heteroatoms. The van der Waals surface area contributed by atoms with Crippen molar-refractivity contribution < 1.29 is 17.9 Å². The summed E-state index contributed by atoms with van der Waals surface area (Å²) in [5, 5.41) is 4.62. The minimum atomic E-state index is -4.40. The lowest BCUT2D eigenvalue weighted by Crippen LogP contribution is -2.35. The number of nitrogens with zero attached hydrogens (tertiary/aromatic N) is 3. The number of alkyl halides is 3. The Hall–Kier alpha value is -1.54. The largest absolute Gasteiger partial charge is 0.415 e. The first-order valence-corrected chi connectivity index (χ1v) is 10.6. The van der Waals surface area contributed by atoms with Crippen LogP contribution in [-0.4, -0.2) is 45.2 Å². The van der Waals surface area contributed by atoms with E-state index < -0.39 is 18.2 Å². The summed E-state index contributed by atoms with van der Waals surface area (Å²) >= 11 is 1.77. The van der Waals surface area contributed by atoms with Gasteiger partial charge in [0.1, 0.15) is 5.82 Å². The molecule has 2 fully saturated rings. The zero-order valence-corrected chi connectivity index (χ0v) is 17.0. The Bertz CT molecular complexity index is 838. The summed E-state index contributed by atoms with van der Waals surface area (Å²) in [6.45, 7) is 6.51. The van der Waals surface area contributed by atoms with E-state index in [9.17, 15) is 13.2 Å². The Kier molecular flexibility index (Phi) is 4.98. The van der Waals surface area contributed by atoms with Crippen LogP contribution in [0.15, 0.2) is 24.3 Å². The highest BCUT2D eigenvalue weighted by molar-refractivity contribution is 8.00. The van der Waals surface area contributed by atoms with Crippen molar-refractivity contribution in [2.45, 2.75) is 56.8 Å². The summed E-state index contributed by atoms with van der Waals surface area (Å²) in [6, 6.07) is 8.07. The Morgan fingerprint density at radius 1 is 1.11 bits per heavy atom. The third-order valence-electron chi connectivity index (χ3n) is 5.38. The van der Waals surface area contributed by atoms with Gasteiger partial charge in [-0.2, -0.15) is 30.0 Å². The molecule has 1 aromatic carbocycles. The van der Waals surface area contributed by atoms with Crippen LogP contribution in [0.2, 0.25) is 0 Å². The van der Waals surface area contributed by atoms with E-state index in [-0.39, 0.29) is 18.1 Å². The van der Waals surface area contributed by atoms with Crippen molar-refractivity contribution in [1.29, 1.82) is 0 Å². The van der Waals surface area contributed by atoms with Crippen molar-refractivity contribution in [2.75, 3.05) is 18.1 Å². The SMILES string of the molecule is CC(C)(C)c1ccc(-c2nc([C@@H]3CCO[C@H]3C(F)(F)F)n(C3CSC3)n2)cc1. The summed E-state index contributed by atoms with van der Waals surface area (Å²) in [5.41, 5.74) is 2.04. The molecule has 0 saturated carbocycles.